The van der Waals surface area contributed by atoms with E-state index in [1.54, 1.807) is 12.1 Å². The van der Waals surface area contributed by atoms with Crippen molar-refractivity contribution in [3.05, 3.63) is 30.1 Å². The van der Waals surface area contributed by atoms with E-state index in [-0.39, 0.29) is 24.2 Å². The number of carbonyl (C=O) groups excluding carboxylic acids is 1. The van der Waals surface area contributed by atoms with E-state index < -0.39 is 5.82 Å². The molecule has 1 fully saturated rings. The maximum absolute atomic E-state index is 13.3. The summed E-state index contributed by atoms with van der Waals surface area (Å²) < 4.78 is 18.7. The van der Waals surface area contributed by atoms with E-state index in [4.69, 9.17) is 4.74 Å². The van der Waals surface area contributed by atoms with Crippen molar-refractivity contribution in [3.8, 4) is 0 Å². The number of rotatable bonds is 5. The molecule has 0 radical (unpaired) electrons. The minimum atomic E-state index is -0.426. The van der Waals surface area contributed by atoms with Crippen LogP contribution in [0.5, 0.6) is 0 Å². The van der Waals surface area contributed by atoms with E-state index in [0.717, 1.165) is 19.4 Å². The Morgan fingerprint density at radius 3 is 3.00 bits per heavy atom. The fourth-order valence-corrected chi connectivity index (χ4v) is 1.91. The average Bonchev–Trinajstić information content (AvgIpc) is 2.85. The summed E-state index contributed by atoms with van der Waals surface area (Å²) >= 11 is 0. The number of halogens is 1. The van der Waals surface area contributed by atoms with Crippen LogP contribution in [0.4, 0.5) is 10.1 Å². The van der Waals surface area contributed by atoms with Crippen molar-refractivity contribution < 1.29 is 13.9 Å². The van der Waals surface area contributed by atoms with Gasteiger partial charge < -0.3 is 15.4 Å². The first-order valence-corrected chi connectivity index (χ1v) is 6.12. The number of anilines is 1. The summed E-state index contributed by atoms with van der Waals surface area (Å²) in [5.74, 6) is -0.678. The van der Waals surface area contributed by atoms with Gasteiger partial charge in [0.05, 0.1) is 18.3 Å². The van der Waals surface area contributed by atoms with Crippen molar-refractivity contribution in [1.82, 2.24) is 5.32 Å². The van der Waals surface area contributed by atoms with Gasteiger partial charge in [0, 0.05) is 13.2 Å². The van der Waals surface area contributed by atoms with E-state index in [2.05, 4.69) is 10.6 Å². The van der Waals surface area contributed by atoms with Crippen LogP contribution in [0.25, 0.3) is 0 Å². The van der Waals surface area contributed by atoms with Gasteiger partial charge in [-0.1, -0.05) is 12.1 Å². The number of para-hydroxylation sites is 1. The first kappa shape index (κ1) is 13.0. The van der Waals surface area contributed by atoms with Gasteiger partial charge in [0.25, 0.3) is 0 Å². The van der Waals surface area contributed by atoms with Crippen LogP contribution in [-0.2, 0) is 9.53 Å². The van der Waals surface area contributed by atoms with Crippen LogP contribution in [0.15, 0.2) is 24.3 Å². The Kier molecular flexibility index (Phi) is 4.66. The Labute approximate surface area is 106 Å². The molecule has 4 nitrogen and oxygen atoms in total. The molecular formula is C13H17FN2O2. The van der Waals surface area contributed by atoms with Gasteiger partial charge in [0.2, 0.25) is 5.91 Å². The highest BCUT2D eigenvalue weighted by Crippen LogP contribution is 2.12. The topological polar surface area (TPSA) is 50.4 Å². The summed E-state index contributed by atoms with van der Waals surface area (Å²) in [6, 6.07) is 6.11. The fourth-order valence-electron chi connectivity index (χ4n) is 1.91. The molecule has 1 aromatic carbocycles. The van der Waals surface area contributed by atoms with Gasteiger partial charge >= 0.3 is 0 Å². The summed E-state index contributed by atoms with van der Waals surface area (Å²) in [4.78, 5) is 11.6. The highest BCUT2D eigenvalue weighted by molar-refractivity contribution is 5.92. The lowest BCUT2D eigenvalue weighted by Gasteiger charge is -2.11. The molecule has 0 aromatic heterocycles. The summed E-state index contributed by atoms with van der Waals surface area (Å²) in [6.45, 7) is 1.62. The SMILES string of the molecule is O=C(CNC[C@H]1CCCO1)Nc1ccccc1F. The summed E-state index contributed by atoms with van der Waals surface area (Å²) in [5, 5.41) is 5.53. The molecule has 98 valence electrons. The van der Waals surface area contributed by atoms with Gasteiger partial charge in [0.15, 0.2) is 0 Å². The van der Waals surface area contributed by atoms with E-state index in [1.165, 1.54) is 12.1 Å². The molecule has 1 aliphatic rings. The van der Waals surface area contributed by atoms with E-state index in [9.17, 15) is 9.18 Å². The predicted molar refractivity (Wildman–Crippen MR) is 66.9 cm³/mol. The molecule has 1 atom stereocenters. The highest BCUT2D eigenvalue weighted by Gasteiger charge is 2.15. The summed E-state index contributed by atoms with van der Waals surface area (Å²) in [6.07, 6.45) is 2.31. The molecule has 18 heavy (non-hydrogen) atoms. The smallest absolute Gasteiger partial charge is 0.238 e. The molecule has 5 heteroatoms. The second-order valence-electron chi connectivity index (χ2n) is 4.29. The van der Waals surface area contributed by atoms with E-state index >= 15 is 0 Å². The van der Waals surface area contributed by atoms with Crippen molar-refractivity contribution in [1.29, 1.82) is 0 Å². The van der Waals surface area contributed by atoms with Gasteiger partial charge in [-0.15, -0.1) is 0 Å². The van der Waals surface area contributed by atoms with Gasteiger partial charge in [-0.25, -0.2) is 4.39 Å². The third kappa shape index (κ3) is 3.78. The lowest BCUT2D eigenvalue weighted by Crippen LogP contribution is -2.33. The van der Waals surface area contributed by atoms with Crippen molar-refractivity contribution in [2.24, 2.45) is 0 Å². The number of benzene rings is 1. The fraction of sp³-hybridized carbons (Fsp3) is 0.462. The quantitative estimate of drug-likeness (QED) is 0.835. The Morgan fingerprint density at radius 1 is 1.44 bits per heavy atom. The Morgan fingerprint density at radius 2 is 2.28 bits per heavy atom. The van der Waals surface area contributed by atoms with Gasteiger partial charge in [-0.3, -0.25) is 4.79 Å². The number of amides is 1. The molecule has 1 aliphatic heterocycles. The van der Waals surface area contributed by atoms with Crippen LogP contribution >= 0.6 is 0 Å². The standard InChI is InChI=1S/C13H17FN2O2/c14-11-5-1-2-6-12(11)16-13(17)9-15-8-10-4-3-7-18-10/h1-2,5-6,10,15H,3-4,7-9H2,(H,16,17)/t10-/m1/s1. The Bertz CT molecular complexity index is 406. The number of ether oxygens (including phenoxy) is 1. The molecule has 1 aromatic rings. The second kappa shape index (κ2) is 6.47. The number of nitrogens with one attached hydrogen (secondary N) is 2. The highest BCUT2D eigenvalue weighted by atomic mass is 19.1. The number of hydrogen-bond acceptors (Lipinski definition) is 3. The lowest BCUT2D eigenvalue weighted by molar-refractivity contribution is -0.115. The van der Waals surface area contributed by atoms with Crippen LogP contribution < -0.4 is 10.6 Å². The normalized spacial score (nSPS) is 18.8. The predicted octanol–water partition coefficient (Wildman–Crippen LogP) is 1.53. The maximum atomic E-state index is 13.3. The van der Waals surface area contributed by atoms with Gasteiger partial charge in [-0.05, 0) is 25.0 Å². The average molecular weight is 252 g/mol. The molecule has 0 aliphatic carbocycles. The van der Waals surface area contributed by atoms with Crippen molar-refractivity contribution in [2.75, 3.05) is 25.0 Å². The maximum Gasteiger partial charge on any atom is 0.238 e. The summed E-state index contributed by atoms with van der Waals surface area (Å²) in [5.41, 5.74) is 0.210. The number of carbonyl (C=O) groups is 1. The molecule has 0 saturated carbocycles. The first-order chi connectivity index (χ1) is 8.75. The molecule has 0 bridgehead atoms. The molecule has 1 amide bonds. The molecular weight excluding hydrogens is 235 g/mol. The first-order valence-electron chi connectivity index (χ1n) is 6.12. The molecule has 2 rings (SSSR count). The zero-order chi connectivity index (χ0) is 12.8. The Hall–Kier alpha value is -1.46. The molecule has 1 saturated heterocycles. The second-order valence-corrected chi connectivity index (χ2v) is 4.29. The third-order valence-corrected chi connectivity index (χ3v) is 2.83. The molecule has 0 spiro atoms. The van der Waals surface area contributed by atoms with Crippen molar-refractivity contribution in [2.45, 2.75) is 18.9 Å². The molecule has 2 N–H and O–H groups in total. The van der Waals surface area contributed by atoms with E-state index in [0.29, 0.717) is 6.54 Å². The minimum Gasteiger partial charge on any atom is -0.377 e. The number of hydrogen-bond donors (Lipinski definition) is 2. The van der Waals surface area contributed by atoms with Crippen LogP contribution in [-0.4, -0.2) is 31.7 Å². The Balaban J connectivity index is 1.70. The van der Waals surface area contributed by atoms with Crippen LogP contribution in [0.3, 0.4) is 0 Å². The van der Waals surface area contributed by atoms with Crippen LogP contribution in [0.1, 0.15) is 12.8 Å². The monoisotopic (exact) mass is 252 g/mol. The molecule has 1 heterocycles. The zero-order valence-corrected chi connectivity index (χ0v) is 10.1. The van der Waals surface area contributed by atoms with Crippen LogP contribution in [0.2, 0.25) is 0 Å². The minimum absolute atomic E-state index is 0.161. The van der Waals surface area contributed by atoms with Crippen LogP contribution in [0, 0.1) is 5.82 Å². The van der Waals surface area contributed by atoms with Crippen molar-refractivity contribution >= 4 is 11.6 Å². The lowest BCUT2D eigenvalue weighted by atomic mass is 10.2. The third-order valence-electron chi connectivity index (χ3n) is 2.83. The largest absolute Gasteiger partial charge is 0.377 e. The van der Waals surface area contributed by atoms with Gasteiger partial charge in [0.1, 0.15) is 5.82 Å². The summed E-state index contributed by atoms with van der Waals surface area (Å²) in [7, 11) is 0. The van der Waals surface area contributed by atoms with E-state index in [1.807, 2.05) is 0 Å². The van der Waals surface area contributed by atoms with Gasteiger partial charge in [-0.2, -0.15) is 0 Å². The van der Waals surface area contributed by atoms with Crippen molar-refractivity contribution in [3.63, 3.8) is 0 Å². The molecule has 0 unspecified atom stereocenters. The zero-order valence-electron chi connectivity index (χ0n) is 10.1.